The highest BCUT2D eigenvalue weighted by atomic mass is 16.6. The van der Waals surface area contributed by atoms with Crippen molar-refractivity contribution in [2.75, 3.05) is 37.8 Å². The minimum atomic E-state index is -0.509. The zero-order chi connectivity index (χ0) is 24.8. The van der Waals surface area contributed by atoms with E-state index in [1.54, 1.807) is 12.3 Å². The van der Waals surface area contributed by atoms with Gasteiger partial charge in [0.05, 0.1) is 30.3 Å². The van der Waals surface area contributed by atoms with Crippen LogP contribution in [0.1, 0.15) is 46.5 Å². The van der Waals surface area contributed by atoms with E-state index >= 15 is 0 Å². The Kier molecular flexibility index (Phi) is 7.95. The van der Waals surface area contributed by atoms with E-state index in [1.807, 2.05) is 32.9 Å². The van der Waals surface area contributed by atoms with E-state index in [9.17, 15) is 4.79 Å². The Morgan fingerprint density at radius 2 is 1.97 bits per heavy atom. The Morgan fingerprint density at radius 1 is 1.23 bits per heavy atom. The topological polar surface area (TPSA) is 95.0 Å². The number of nitrogens with one attached hydrogen (secondary N) is 1. The number of alkyl carbamates (subject to hydrolysis) is 1. The van der Waals surface area contributed by atoms with Gasteiger partial charge in [-0.25, -0.2) is 4.79 Å². The van der Waals surface area contributed by atoms with Crippen molar-refractivity contribution in [2.45, 2.75) is 64.2 Å². The summed E-state index contributed by atoms with van der Waals surface area (Å²) >= 11 is 0. The van der Waals surface area contributed by atoms with E-state index in [0.29, 0.717) is 31.5 Å². The molecule has 3 heterocycles. The van der Waals surface area contributed by atoms with E-state index in [-0.39, 0.29) is 18.2 Å². The first-order chi connectivity index (χ1) is 16.8. The van der Waals surface area contributed by atoms with Crippen molar-refractivity contribution in [2.24, 2.45) is 0 Å². The Morgan fingerprint density at radius 3 is 2.66 bits per heavy atom. The number of carbonyl (C=O) groups is 1. The van der Waals surface area contributed by atoms with Gasteiger partial charge < -0.3 is 29.2 Å². The quantitative estimate of drug-likeness (QED) is 0.583. The molecule has 0 bridgehead atoms. The number of amides is 1. The maximum atomic E-state index is 12.1. The van der Waals surface area contributed by atoms with Gasteiger partial charge in [-0.05, 0) is 52.5 Å². The summed E-state index contributed by atoms with van der Waals surface area (Å²) in [7, 11) is 0. The van der Waals surface area contributed by atoms with Crippen LogP contribution in [-0.4, -0.2) is 66.7 Å². The Bertz CT molecular complexity index is 1020. The van der Waals surface area contributed by atoms with Crippen molar-refractivity contribution in [3.05, 3.63) is 31.0 Å². The molecule has 0 aromatic carbocycles. The molecule has 1 aliphatic carbocycles. The van der Waals surface area contributed by atoms with Gasteiger partial charge in [0.2, 0.25) is 5.88 Å². The van der Waals surface area contributed by atoms with Gasteiger partial charge in [-0.1, -0.05) is 12.7 Å². The standard InChI is InChI=1S/C26H36N4O5/c1-5-12-33-20-15-21-22(27-17-20)16-23(30-10-13-32-14-11-30)29-24(21)34-19-8-6-18(7-9-19)28-25(31)35-26(2,3)4/h5,15-19H,1,6-14H2,2-4H3,(H,28,31). The smallest absolute Gasteiger partial charge is 0.407 e. The third-order valence-electron chi connectivity index (χ3n) is 5.98. The number of morpholine rings is 1. The number of rotatable bonds is 7. The number of ether oxygens (including phenoxy) is 4. The zero-order valence-corrected chi connectivity index (χ0v) is 20.9. The third kappa shape index (κ3) is 6.97. The zero-order valence-electron chi connectivity index (χ0n) is 20.9. The van der Waals surface area contributed by atoms with Crippen LogP contribution in [0.2, 0.25) is 0 Å². The average molecular weight is 485 g/mol. The van der Waals surface area contributed by atoms with Gasteiger partial charge in [0.25, 0.3) is 0 Å². The molecule has 1 N–H and O–H groups in total. The summed E-state index contributed by atoms with van der Waals surface area (Å²) in [5, 5.41) is 3.80. The largest absolute Gasteiger partial charge is 0.488 e. The molecule has 0 atom stereocenters. The van der Waals surface area contributed by atoms with E-state index < -0.39 is 5.60 Å². The number of nitrogens with zero attached hydrogens (tertiary/aromatic N) is 3. The predicted molar refractivity (Wildman–Crippen MR) is 134 cm³/mol. The molecule has 2 aromatic heterocycles. The second kappa shape index (κ2) is 11.1. The van der Waals surface area contributed by atoms with Crippen molar-refractivity contribution in [1.29, 1.82) is 0 Å². The van der Waals surface area contributed by atoms with Gasteiger partial charge in [-0.3, -0.25) is 4.98 Å². The molecule has 0 radical (unpaired) electrons. The second-order valence-corrected chi connectivity index (χ2v) is 9.96. The van der Waals surface area contributed by atoms with Crippen molar-refractivity contribution in [3.8, 4) is 11.6 Å². The van der Waals surface area contributed by atoms with Gasteiger partial charge in [-0.15, -0.1) is 0 Å². The first-order valence-corrected chi connectivity index (χ1v) is 12.3. The molecule has 2 aromatic rings. The average Bonchev–Trinajstić information content (AvgIpc) is 2.83. The first-order valence-electron chi connectivity index (χ1n) is 12.3. The molecule has 1 aliphatic heterocycles. The van der Waals surface area contributed by atoms with Gasteiger partial charge in [0.1, 0.15) is 29.9 Å². The minimum Gasteiger partial charge on any atom is -0.488 e. The number of anilines is 1. The summed E-state index contributed by atoms with van der Waals surface area (Å²) < 4.78 is 23.1. The third-order valence-corrected chi connectivity index (χ3v) is 5.98. The normalized spacial score (nSPS) is 20.8. The highest BCUT2D eigenvalue weighted by Crippen LogP contribution is 2.33. The van der Waals surface area contributed by atoms with Crippen LogP contribution in [0.15, 0.2) is 31.0 Å². The molecule has 9 nitrogen and oxygen atoms in total. The Balaban J connectivity index is 1.48. The molecule has 2 aliphatic rings. The molecule has 0 unspecified atom stereocenters. The van der Waals surface area contributed by atoms with Crippen LogP contribution in [0.4, 0.5) is 10.6 Å². The fourth-order valence-electron chi connectivity index (χ4n) is 4.30. The number of fused-ring (bicyclic) bond motifs is 1. The van der Waals surface area contributed by atoms with Gasteiger partial charge in [0.15, 0.2) is 0 Å². The molecule has 0 spiro atoms. The molecular weight excluding hydrogens is 448 g/mol. The molecule has 4 rings (SSSR count). The van der Waals surface area contributed by atoms with Gasteiger partial charge in [0, 0.05) is 25.2 Å². The van der Waals surface area contributed by atoms with Crippen LogP contribution in [0.3, 0.4) is 0 Å². The van der Waals surface area contributed by atoms with Gasteiger partial charge in [-0.2, -0.15) is 4.98 Å². The fraction of sp³-hybridized carbons (Fsp3) is 0.577. The summed E-state index contributed by atoms with van der Waals surface area (Å²) in [6.07, 6.45) is 6.30. The summed E-state index contributed by atoms with van der Waals surface area (Å²) in [5.41, 5.74) is 0.299. The van der Waals surface area contributed by atoms with Crippen LogP contribution in [0.5, 0.6) is 11.6 Å². The SMILES string of the molecule is C=CCOc1cnc2cc(N3CCOCC3)nc(OC3CCC(NC(=O)OC(C)(C)C)CC3)c2c1. The molecule has 190 valence electrons. The van der Waals surface area contributed by atoms with E-state index in [1.165, 1.54) is 0 Å². The molecule has 1 amide bonds. The molecular formula is C26H36N4O5. The van der Waals surface area contributed by atoms with Crippen LogP contribution in [-0.2, 0) is 9.47 Å². The van der Waals surface area contributed by atoms with Crippen LogP contribution >= 0.6 is 0 Å². The van der Waals surface area contributed by atoms with Gasteiger partial charge >= 0.3 is 6.09 Å². The molecule has 9 heteroatoms. The summed E-state index contributed by atoms with van der Waals surface area (Å²) in [4.78, 5) is 23.8. The Labute approximate surface area is 206 Å². The van der Waals surface area contributed by atoms with E-state index in [2.05, 4.69) is 21.8 Å². The lowest BCUT2D eigenvalue weighted by atomic mass is 9.93. The van der Waals surface area contributed by atoms with Crippen molar-refractivity contribution >= 4 is 22.8 Å². The maximum Gasteiger partial charge on any atom is 0.407 e. The number of carbonyl (C=O) groups excluding carboxylic acids is 1. The lowest BCUT2D eigenvalue weighted by molar-refractivity contribution is 0.0470. The predicted octanol–water partition coefficient (Wildman–Crippen LogP) is 4.25. The first kappa shape index (κ1) is 25.0. The summed E-state index contributed by atoms with van der Waals surface area (Å²) in [5.74, 6) is 2.04. The highest BCUT2D eigenvalue weighted by Gasteiger charge is 2.27. The summed E-state index contributed by atoms with van der Waals surface area (Å²) in [6, 6.07) is 3.99. The molecule has 2 fully saturated rings. The fourth-order valence-corrected chi connectivity index (χ4v) is 4.30. The second-order valence-electron chi connectivity index (χ2n) is 9.96. The maximum absolute atomic E-state index is 12.1. The molecule has 1 saturated heterocycles. The van der Waals surface area contributed by atoms with E-state index in [4.69, 9.17) is 23.9 Å². The number of pyridine rings is 2. The number of hydrogen-bond acceptors (Lipinski definition) is 8. The summed E-state index contributed by atoms with van der Waals surface area (Å²) in [6.45, 7) is 12.6. The van der Waals surface area contributed by atoms with Crippen molar-refractivity contribution < 1.29 is 23.7 Å². The van der Waals surface area contributed by atoms with Crippen LogP contribution in [0, 0.1) is 0 Å². The van der Waals surface area contributed by atoms with Crippen LogP contribution < -0.4 is 19.7 Å². The van der Waals surface area contributed by atoms with Crippen molar-refractivity contribution in [3.63, 3.8) is 0 Å². The highest BCUT2D eigenvalue weighted by molar-refractivity contribution is 5.87. The van der Waals surface area contributed by atoms with Crippen LogP contribution in [0.25, 0.3) is 10.9 Å². The lowest BCUT2D eigenvalue weighted by Gasteiger charge is -2.31. The molecule has 35 heavy (non-hydrogen) atoms. The number of hydrogen-bond donors (Lipinski definition) is 1. The minimum absolute atomic E-state index is 0.0000697. The van der Waals surface area contributed by atoms with E-state index in [0.717, 1.165) is 55.5 Å². The molecule has 1 saturated carbocycles. The number of aromatic nitrogens is 2. The Hall–Kier alpha value is -3.07. The van der Waals surface area contributed by atoms with Crippen molar-refractivity contribution in [1.82, 2.24) is 15.3 Å². The lowest BCUT2D eigenvalue weighted by Crippen LogP contribution is -2.42. The monoisotopic (exact) mass is 484 g/mol.